The van der Waals surface area contributed by atoms with Crippen LogP contribution in [0.2, 0.25) is 0 Å². The van der Waals surface area contributed by atoms with Crippen molar-refractivity contribution in [3.63, 3.8) is 0 Å². The molecule has 0 amide bonds. The summed E-state index contributed by atoms with van der Waals surface area (Å²) in [6.07, 6.45) is 5.46. The van der Waals surface area contributed by atoms with E-state index in [-0.39, 0.29) is 0 Å². The molecular weight excluding hydrogens is 224 g/mol. The van der Waals surface area contributed by atoms with E-state index in [1.165, 1.54) is 19.5 Å². The second-order valence-corrected chi connectivity index (χ2v) is 5.20. The van der Waals surface area contributed by atoms with Crippen molar-refractivity contribution < 1.29 is 0 Å². The van der Waals surface area contributed by atoms with Gasteiger partial charge in [0.2, 0.25) is 0 Å². The molecule has 1 unspecified atom stereocenters. The molecule has 1 N–H and O–H groups in total. The van der Waals surface area contributed by atoms with Crippen LogP contribution in [0.1, 0.15) is 19.3 Å². The third-order valence-electron chi connectivity index (χ3n) is 3.51. The van der Waals surface area contributed by atoms with Crippen LogP contribution < -0.4 is 5.32 Å². The fraction of sp³-hybridized carbons (Fsp3) is 0.786. The van der Waals surface area contributed by atoms with Gasteiger partial charge in [-0.2, -0.15) is 0 Å². The summed E-state index contributed by atoms with van der Waals surface area (Å²) in [5.74, 6) is 1.77. The van der Waals surface area contributed by atoms with Crippen LogP contribution in [-0.4, -0.2) is 63.1 Å². The molecule has 0 saturated carbocycles. The molecule has 0 aromatic carbocycles. The van der Waals surface area contributed by atoms with Crippen molar-refractivity contribution in [1.82, 2.24) is 15.1 Å². The molecule has 1 aliphatic rings. The van der Waals surface area contributed by atoms with Crippen molar-refractivity contribution in [2.24, 2.45) is 10.9 Å². The monoisotopic (exact) mass is 252 g/mol. The molecule has 0 spiro atoms. The van der Waals surface area contributed by atoms with E-state index in [0.29, 0.717) is 0 Å². The molecule has 1 atom stereocenters. The van der Waals surface area contributed by atoms with Gasteiger partial charge in [-0.25, -0.2) is 0 Å². The highest BCUT2D eigenvalue weighted by Gasteiger charge is 2.19. The molecule has 4 heteroatoms. The van der Waals surface area contributed by atoms with Gasteiger partial charge in [-0.05, 0) is 38.8 Å². The lowest BCUT2D eigenvalue weighted by molar-refractivity contribution is 0.390. The molecule has 1 saturated heterocycles. The van der Waals surface area contributed by atoms with Crippen LogP contribution in [0.25, 0.3) is 0 Å². The first-order valence-corrected chi connectivity index (χ1v) is 6.88. The highest BCUT2D eigenvalue weighted by Crippen LogP contribution is 2.12. The standard InChI is InChI=1S/C14H28N4/c1-5-6-7-9-18(4)14(15-2)16-11-13-8-10-17(3)12-13/h5,13H,1,6-12H2,2-4H3,(H,15,16). The van der Waals surface area contributed by atoms with E-state index in [0.717, 1.165) is 37.8 Å². The molecule has 1 heterocycles. The van der Waals surface area contributed by atoms with Gasteiger partial charge in [0.05, 0.1) is 0 Å². The molecule has 104 valence electrons. The van der Waals surface area contributed by atoms with Gasteiger partial charge in [0, 0.05) is 33.7 Å². The Hall–Kier alpha value is -1.03. The lowest BCUT2D eigenvalue weighted by atomic mass is 10.1. The van der Waals surface area contributed by atoms with Crippen LogP contribution in [0.4, 0.5) is 0 Å². The van der Waals surface area contributed by atoms with Crippen LogP contribution in [0.15, 0.2) is 17.6 Å². The quantitative estimate of drug-likeness (QED) is 0.336. The Morgan fingerprint density at radius 2 is 2.39 bits per heavy atom. The van der Waals surface area contributed by atoms with E-state index in [1.807, 2.05) is 13.1 Å². The summed E-state index contributed by atoms with van der Waals surface area (Å²) < 4.78 is 0. The van der Waals surface area contributed by atoms with Gasteiger partial charge in [0.1, 0.15) is 0 Å². The first-order valence-electron chi connectivity index (χ1n) is 6.88. The number of allylic oxidation sites excluding steroid dienone is 1. The van der Waals surface area contributed by atoms with Crippen LogP contribution in [0.3, 0.4) is 0 Å². The Labute approximate surface area is 112 Å². The summed E-state index contributed by atoms with van der Waals surface area (Å²) in [5.41, 5.74) is 0. The van der Waals surface area contributed by atoms with Crippen LogP contribution in [0.5, 0.6) is 0 Å². The Morgan fingerprint density at radius 3 is 2.94 bits per heavy atom. The maximum Gasteiger partial charge on any atom is 0.193 e. The SMILES string of the molecule is C=CCCCN(C)C(=NC)NCC1CCN(C)C1. The zero-order valence-corrected chi connectivity index (χ0v) is 12.2. The minimum atomic E-state index is 0.758. The minimum absolute atomic E-state index is 0.758. The van der Waals surface area contributed by atoms with Crippen molar-refractivity contribution in [3.05, 3.63) is 12.7 Å². The summed E-state index contributed by atoms with van der Waals surface area (Å²) in [4.78, 5) is 8.93. The summed E-state index contributed by atoms with van der Waals surface area (Å²) in [6, 6.07) is 0. The smallest absolute Gasteiger partial charge is 0.193 e. The number of hydrogen-bond donors (Lipinski definition) is 1. The predicted octanol–water partition coefficient (Wildman–Crippen LogP) is 1.41. The van der Waals surface area contributed by atoms with Crippen LogP contribution in [0, 0.1) is 5.92 Å². The van der Waals surface area contributed by atoms with Gasteiger partial charge < -0.3 is 15.1 Å². The second-order valence-electron chi connectivity index (χ2n) is 5.20. The van der Waals surface area contributed by atoms with Crippen molar-refractivity contribution in [2.75, 3.05) is 47.3 Å². The normalized spacial score (nSPS) is 21.1. The number of nitrogens with one attached hydrogen (secondary N) is 1. The fourth-order valence-electron chi connectivity index (χ4n) is 2.39. The molecule has 0 bridgehead atoms. The number of hydrogen-bond acceptors (Lipinski definition) is 2. The van der Waals surface area contributed by atoms with Crippen molar-refractivity contribution >= 4 is 5.96 Å². The number of likely N-dealkylation sites (tertiary alicyclic amines) is 1. The first-order chi connectivity index (χ1) is 8.67. The molecule has 0 aliphatic carbocycles. The van der Waals surface area contributed by atoms with E-state index in [4.69, 9.17) is 0 Å². The molecular formula is C14H28N4. The lowest BCUT2D eigenvalue weighted by Gasteiger charge is -2.23. The van der Waals surface area contributed by atoms with E-state index in [2.05, 4.69) is 40.8 Å². The van der Waals surface area contributed by atoms with Gasteiger partial charge in [-0.3, -0.25) is 4.99 Å². The van der Waals surface area contributed by atoms with Gasteiger partial charge in [0.15, 0.2) is 5.96 Å². The second kappa shape index (κ2) is 8.14. The van der Waals surface area contributed by atoms with E-state index in [9.17, 15) is 0 Å². The molecule has 4 nitrogen and oxygen atoms in total. The maximum absolute atomic E-state index is 4.34. The van der Waals surface area contributed by atoms with Gasteiger partial charge in [-0.15, -0.1) is 6.58 Å². The van der Waals surface area contributed by atoms with Crippen molar-refractivity contribution in [2.45, 2.75) is 19.3 Å². The Kier molecular flexibility index (Phi) is 6.80. The highest BCUT2D eigenvalue weighted by atomic mass is 15.3. The average Bonchev–Trinajstić information content (AvgIpc) is 2.76. The zero-order chi connectivity index (χ0) is 13.4. The molecule has 1 aliphatic heterocycles. The molecule has 0 radical (unpaired) electrons. The third kappa shape index (κ3) is 5.08. The van der Waals surface area contributed by atoms with E-state index < -0.39 is 0 Å². The number of unbranched alkanes of at least 4 members (excludes halogenated alkanes) is 1. The summed E-state index contributed by atoms with van der Waals surface area (Å²) >= 11 is 0. The molecule has 1 fully saturated rings. The minimum Gasteiger partial charge on any atom is -0.356 e. The van der Waals surface area contributed by atoms with Crippen molar-refractivity contribution in [1.29, 1.82) is 0 Å². The van der Waals surface area contributed by atoms with Crippen LogP contribution in [-0.2, 0) is 0 Å². The van der Waals surface area contributed by atoms with Crippen LogP contribution >= 0.6 is 0 Å². The fourth-order valence-corrected chi connectivity index (χ4v) is 2.39. The predicted molar refractivity (Wildman–Crippen MR) is 79.0 cm³/mol. The summed E-state index contributed by atoms with van der Waals surface area (Å²) in [6.45, 7) is 8.22. The molecule has 1 rings (SSSR count). The Bertz CT molecular complexity index is 275. The lowest BCUT2D eigenvalue weighted by Crippen LogP contribution is -2.41. The largest absolute Gasteiger partial charge is 0.356 e. The number of aliphatic imine (C=N–C) groups is 1. The molecule has 18 heavy (non-hydrogen) atoms. The number of guanidine groups is 1. The van der Waals surface area contributed by atoms with Crippen molar-refractivity contribution in [3.8, 4) is 0 Å². The third-order valence-corrected chi connectivity index (χ3v) is 3.51. The highest BCUT2D eigenvalue weighted by molar-refractivity contribution is 5.79. The molecule has 0 aromatic rings. The first kappa shape index (κ1) is 15.0. The van der Waals surface area contributed by atoms with Gasteiger partial charge in [0.25, 0.3) is 0 Å². The van der Waals surface area contributed by atoms with Gasteiger partial charge in [-0.1, -0.05) is 6.08 Å². The summed E-state index contributed by atoms with van der Waals surface area (Å²) in [5, 5.41) is 3.48. The average molecular weight is 252 g/mol. The maximum atomic E-state index is 4.34. The van der Waals surface area contributed by atoms with Gasteiger partial charge >= 0.3 is 0 Å². The van der Waals surface area contributed by atoms with E-state index >= 15 is 0 Å². The topological polar surface area (TPSA) is 30.9 Å². The Balaban J connectivity index is 2.26. The Morgan fingerprint density at radius 1 is 1.61 bits per heavy atom. The number of nitrogens with zero attached hydrogens (tertiary/aromatic N) is 3. The zero-order valence-electron chi connectivity index (χ0n) is 12.2. The van der Waals surface area contributed by atoms with E-state index in [1.54, 1.807) is 0 Å². The molecule has 0 aromatic heterocycles. The number of rotatable bonds is 6. The summed E-state index contributed by atoms with van der Waals surface area (Å²) in [7, 11) is 6.14.